The van der Waals surface area contributed by atoms with Crippen LogP contribution in [-0.4, -0.2) is 42.0 Å². The molecular formula is C25H24ClN3OS. The predicted molar refractivity (Wildman–Crippen MR) is 131 cm³/mol. The van der Waals surface area contributed by atoms with E-state index in [1.165, 1.54) is 33.7 Å². The second kappa shape index (κ2) is 7.81. The third-order valence-corrected chi connectivity index (χ3v) is 7.71. The first kappa shape index (κ1) is 20.3. The van der Waals surface area contributed by atoms with Gasteiger partial charge in [0.05, 0.1) is 10.4 Å². The number of pyridine rings is 1. The number of hydrogen-bond acceptors (Lipinski definition) is 4. The Morgan fingerprint density at radius 2 is 1.77 bits per heavy atom. The molecule has 0 unspecified atom stereocenters. The number of piperazine rings is 1. The zero-order chi connectivity index (χ0) is 21.7. The molecule has 31 heavy (non-hydrogen) atoms. The van der Waals surface area contributed by atoms with Crippen LogP contribution in [-0.2, 0) is 0 Å². The smallest absolute Gasteiger partial charge is 0.264 e. The summed E-state index contributed by atoms with van der Waals surface area (Å²) in [5, 5.41) is 2.38. The van der Waals surface area contributed by atoms with Gasteiger partial charge in [0.2, 0.25) is 0 Å². The molecule has 2 aromatic heterocycles. The first-order valence-electron chi connectivity index (χ1n) is 10.5. The Balaban J connectivity index is 1.41. The van der Waals surface area contributed by atoms with Crippen molar-refractivity contribution in [1.29, 1.82) is 0 Å². The predicted octanol–water partition coefficient (Wildman–Crippen LogP) is 5.99. The van der Waals surface area contributed by atoms with Crippen molar-refractivity contribution in [3.8, 4) is 0 Å². The number of rotatable bonds is 2. The van der Waals surface area contributed by atoms with Gasteiger partial charge in [0.15, 0.2) is 0 Å². The molecule has 0 aliphatic carbocycles. The minimum atomic E-state index is 0.0821. The summed E-state index contributed by atoms with van der Waals surface area (Å²) in [5.74, 6) is 0.0821. The van der Waals surface area contributed by atoms with Gasteiger partial charge in [0.25, 0.3) is 5.91 Å². The van der Waals surface area contributed by atoms with Crippen molar-refractivity contribution in [1.82, 2.24) is 9.88 Å². The van der Waals surface area contributed by atoms with Crippen LogP contribution in [0.15, 0.2) is 42.5 Å². The number of aromatic nitrogens is 1. The highest BCUT2D eigenvalue weighted by Crippen LogP contribution is 2.37. The molecule has 0 radical (unpaired) electrons. The average molecular weight is 450 g/mol. The maximum atomic E-state index is 13.3. The molecule has 6 heteroatoms. The third-order valence-electron chi connectivity index (χ3n) is 6.26. The molecular weight excluding hydrogens is 426 g/mol. The Labute approximate surface area is 191 Å². The summed E-state index contributed by atoms with van der Waals surface area (Å²) in [5.41, 5.74) is 5.92. The van der Waals surface area contributed by atoms with Gasteiger partial charge in [-0.1, -0.05) is 35.4 Å². The Hall–Kier alpha value is -2.63. The second-order valence-electron chi connectivity index (χ2n) is 8.27. The molecule has 0 saturated carbocycles. The summed E-state index contributed by atoms with van der Waals surface area (Å²) in [6, 6.07) is 14.5. The Morgan fingerprint density at radius 3 is 2.55 bits per heavy atom. The summed E-state index contributed by atoms with van der Waals surface area (Å²) >= 11 is 7.98. The van der Waals surface area contributed by atoms with Gasteiger partial charge < -0.3 is 9.80 Å². The maximum absolute atomic E-state index is 13.3. The van der Waals surface area contributed by atoms with Crippen molar-refractivity contribution in [3.63, 3.8) is 0 Å². The fourth-order valence-electron chi connectivity index (χ4n) is 4.33. The van der Waals surface area contributed by atoms with Crippen molar-refractivity contribution < 1.29 is 4.79 Å². The van der Waals surface area contributed by atoms with Crippen molar-refractivity contribution in [3.05, 3.63) is 69.2 Å². The number of halogens is 1. The number of fused-ring (bicyclic) bond motifs is 3. The van der Waals surface area contributed by atoms with Crippen LogP contribution < -0.4 is 4.90 Å². The maximum Gasteiger partial charge on any atom is 0.264 e. The van der Waals surface area contributed by atoms with Crippen molar-refractivity contribution >= 4 is 55.5 Å². The molecule has 0 N–H and O–H groups in total. The lowest BCUT2D eigenvalue weighted by molar-refractivity contribution is 0.0751. The fourth-order valence-corrected chi connectivity index (χ4v) is 5.78. The minimum Gasteiger partial charge on any atom is -0.368 e. The monoisotopic (exact) mass is 449 g/mol. The number of anilines is 1. The topological polar surface area (TPSA) is 36.4 Å². The van der Waals surface area contributed by atoms with E-state index in [-0.39, 0.29) is 5.91 Å². The van der Waals surface area contributed by atoms with E-state index in [2.05, 4.69) is 54.9 Å². The molecule has 0 spiro atoms. The van der Waals surface area contributed by atoms with Crippen molar-refractivity contribution in [2.75, 3.05) is 31.1 Å². The number of amides is 1. The summed E-state index contributed by atoms with van der Waals surface area (Å²) in [7, 11) is 0. The number of carbonyl (C=O) groups excluding carboxylic acids is 1. The van der Waals surface area contributed by atoms with Crippen molar-refractivity contribution in [2.24, 2.45) is 0 Å². The van der Waals surface area contributed by atoms with Gasteiger partial charge >= 0.3 is 0 Å². The van der Waals surface area contributed by atoms with Gasteiger partial charge in [-0.2, -0.15) is 0 Å². The highest BCUT2D eigenvalue weighted by Gasteiger charge is 2.25. The number of benzene rings is 2. The lowest BCUT2D eigenvalue weighted by atomic mass is 10.1. The normalized spacial score (nSPS) is 14.6. The lowest BCUT2D eigenvalue weighted by Gasteiger charge is -2.36. The Morgan fingerprint density at radius 1 is 1.00 bits per heavy atom. The molecule has 4 aromatic rings. The molecule has 1 aliphatic rings. The van der Waals surface area contributed by atoms with E-state index in [9.17, 15) is 4.79 Å². The molecule has 1 fully saturated rings. The van der Waals surface area contributed by atoms with Crippen LogP contribution in [0, 0.1) is 20.8 Å². The van der Waals surface area contributed by atoms with Crippen LogP contribution in [0.3, 0.4) is 0 Å². The first-order valence-corrected chi connectivity index (χ1v) is 11.7. The molecule has 1 aliphatic heterocycles. The van der Waals surface area contributed by atoms with Gasteiger partial charge in [-0.25, -0.2) is 4.98 Å². The molecule has 0 atom stereocenters. The van der Waals surface area contributed by atoms with Crippen LogP contribution >= 0.6 is 22.9 Å². The SMILES string of the molecule is Cc1ccc2nc(Cl)c3cc(C(=O)N4CCN(c5cccc(C)c5C)CC4)sc3c2c1. The van der Waals surface area contributed by atoms with Gasteiger partial charge in [-0.15, -0.1) is 11.3 Å². The van der Waals surface area contributed by atoms with E-state index < -0.39 is 0 Å². The molecule has 4 nitrogen and oxygen atoms in total. The molecule has 5 rings (SSSR count). The fraction of sp³-hybridized carbons (Fsp3) is 0.280. The average Bonchev–Trinajstić information content (AvgIpc) is 3.22. The van der Waals surface area contributed by atoms with Crippen LogP contribution in [0.2, 0.25) is 5.15 Å². The quantitative estimate of drug-likeness (QED) is 0.352. The van der Waals surface area contributed by atoms with Gasteiger partial charge in [-0.3, -0.25) is 4.79 Å². The minimum absolute atomic E-state index is 0.0821. The van der Waals surface area contributed by atoms with Crippen molar-refractivity contribution in [2.45, 2.75) is 20.8 Å². The Bertz CT molecular complexity index is 1320. The summed E-state index contributed by atoms with van der Waals surface area (Å²) in [6.45, 7) is 9.48. The van der Waals surface area contributed by atoms with Gasteiger partial charge in [0, 0.05) is 47.3 Å². The Kier molecular flexibility index (Phi) is 5.11. The van der Waals surface area contributed by atoms with E-state index in [4.69, 9.17) is 11.6 Å². The highest BCUT2D eigenvalue weighted by atomic mass is 35.5. The number of aryl methyl sites for hydroxylation is 2. The molecule has 1 amide bonds. The van der Waals surface area contributed by atoms with Gasteiger partial charge in [-0.05, 0) is 56.2 Å². The number of nitrogens with zero attached hydrogens (tertiary/aromatic N) is 3. The molecule has 158 valence electrons. The number of thiophene rings is 1. The van der Waals surface area contributed by atoms with E-state index in [1.807, 2.05) is 23.1 Å². The van der Waals surface area contributed by atoms with E-state index in [0.717, 1.165) is 39.0 Å². The summed E-state index contributed by atoms with van der Waals surface area (Å²) in [6.07, 6.45) is 0. The van der Waals surface area contributed by atoms with Crippen LogP contribution in [0.1, 0.15) is 26.4 Å². The number of hydrogen-bond donors (Lipinski definition) is 0. The highest BCUT2D eigenvalue weighted by molar-refractivity contribution is 7.21. The summed E-state index contributed by atoms with van der Waals surface area (Å²) < 4.78 is 1.04. The summed E-state index contributed by atoms with van der Waals surface area (Å²) in [4.78, 5) is 22.9. The lowest BCUT2D eigenvalue weighted by Crippen LogP contribution is -2.48. The van der Waals surface area contributed by atoms with Crippen LogP contribution in [0.25, 0.3) is 21.0 Å². The van der Waals surface area contributed by atoms with E-state index in [0.29, 0.717) is 18.2 Å². The molecule has 0 bridgehead atoms. The van der Waals surface area contributed by atoms with Crippen LogP contribution in [0.5, 0.6) is 0 Å². The largest absolute Gasteiger partial charge is 0.368 e. The van der Waals surface area contributed by atoms with Gasteiger partial charge in [0.1, 0.15) is 5.15 Å². The second-order valence-corrected chi connectivity index (χ2v) is 9.69. The molecule has 1 saturated heterocycles. The van der Waals surface area contributed by atoms with E-state index >= 15 is 0 Å². The number of carbonyl (C=O) groups is 1. The van der Waals surface area contributed by atoms with Crippen LogP contribution in [0.4, 0.5) is 5.69 Å². The molecule has 3 heterocycles. The molecule has 2 aromatic carbocycles. The first-order chi connectivity index (χ1) is 14.9. The van der Waals surface area contributed by atoms with E-state index in [1.54, 1.807) is 0 Å². The zero-order valence-electron chi connectivity index (χ0n) is 17.9. The third kappa shape index (κ3) is 3.56. The zero-order valence-corrected chi connectivity index (χ0v) is 19.5. The standard InChI is InChI=1S/C25H24ClN3OS/c1-15-7-8-20-18(13-15)23-19(24(26)27-20)14-22(31-23)25(30)29-11-9-28(10-12-29)21-6-4-5-16(2)17(21)3/h4-8,13-14H,9-12H2,1-3H3.